The number of nitrogens with one attached hydrogen (secondary N) is 1. The molecule has 2 unspecified atom stereocenters. The lowest BCUT2D eigenvalue weighted by Crippen LogP contribution is -2.44. The highest BCUT2D eigenvalue weighted by Crippen LogP contribution is 2.21. The van der Waals surface area contributed by atoms with E-state index in [-0.39, 0.29) is 11.5 Å². The van der Waals surface area contributed by atoms with Gasteiger partial charge < -0.3 is 19.9 Å². The first kappa shape index (κ1) is 12.4. The van der Waals surface area contributed by atoms with Gasteiger partial charge in [-0.1, -0.05) is 6.92 Å². The molecule has 5 heteroatoms. The zero-order chi connectivity index (χ0) is 11.3. The Morgan fingerprint density at radius 2 is 2.47 bits per heavy atom. The largest absolute Gasteiger partial charge is 0.481 e. The molecule has 1 fully saturated rings. The molecular weight excluding hydrogens is 198 g/mol. The predicted molar refractivity (Wildman–Crippen MR) is 54.8 cm³/mol. The van der Waals surface area contributed by atoms with E-state index in [9.17, 15) is 4.79 Å². The summed E-state index contributed by atoms with van der Waals surface area (Å²) in [6, 6.07) is 0. The number of rotatable bonds is 6. The van der Waals surface area contributed by atoms with Crippen LogP contribution >= 0.6 is 0 Å². The molecule has 1 rings (SSSR count). The fourth-order valence-corrected chi connectivity index (χ4v) is 1.56. The van der Waals surface area contributed by atoms with Crippen LogP contribution in [0.4, 0.5) is 0 Å². The first-order valence-corrected chi connectivity index (χ1v) is 5.16. The first-order valence-electron chi connectivity index (χ1n) is 5.16. The normalized spacial score (nSPS) is 27.9. The third kappa shape index (κ3) is 3.44. The number of carbonyl (C=O) groups is 1. The lowest BCUT2D eigenvalue weighted by atomic mass is 10.0. The molecular formula is C10H19NO4. The van der Waals surface area contributed by atoms with Crippen LogP contribution in [-0.4, -0.2) is 50.1 Å². The summed E-state index contributed by atoms with van der Waals surface area (Å²) in [5, 5.41) is 11.8. The molecule has 15 heavy (non-hydrogen) atoms. The summed E-state index contributed by atoms with van der Waals surface area (Å²) >= 11 is 0. The minimum atomic E-state index is -0.781. The zero-order valence-electron chi connectivity index (χ0n) is 9.28. The van der Waals surface area contributed by atoms with Crippen LogP contribution in [0.15, 0.2) is 0 Å². The molecule has 0 amide bonds. The standard InChI is InChI=1S/C10H19NO4/c1-8(9(12)13)5-11-6-10(14-2)3-4-15-7-10/h8,11H,3-7H2,1-2H3,(H,12,13). The summed E-state index contributed by atoms with van der Waals surface area (Å²) in [4.78, 5) is 10.6. The molecule has 0 aromatic carbocycles. The van der Waals surface area contributed by atoms with Crippen molar-refractivity contribution in [1.82, 2.24) is 5.32 Å². The molecule has 0 radical (unpaired) electrons. The van der Waals surface area contributed by atoms with E-state index in [1.54, 1.807) is 14.0 Å². The Kier molecular flexibility index (Phi) is 4.50. The van der Waals surface area contributed by atoms with Crippen LogP contribution in [0.1, 0.15) is 13.3 Å². The van der Waals surface area contributed by atoms with E-state index in [4.69, 9.17) is 14.6 Å². The SMILES string of the molecule is COC1(CNCC(C)C(=O)O)CCOC1. The van der Waals surface area contributed by atoms with Gasteiger partial charge in [-0.15, -0.1) is 0 Å². The van der Waals surface area contributed by atoms with Crippen molar-refractivity contribution in [3.8, 4) is 0 Å². The van der Waals surface area contributed by atoms with E-state index in [0.29, 0.717) is 26.3 Å². The van der Waals surface area contributed by atoms with E-state index >= 15 is 0 Å². The summed E-state index contributed by atoms with van der Waals surface area (Å²) in [5.74, 6) is -1.15. The number of hydrogen-bond acceptors (Lipinski definition) is 4. The maximum atomic E-state index is 10.6. The van der Waals surface area contributed by atoms with Crippen LogP contribution in [0.3, 0.4) is 0 Å². The van der Waals surface area contributed by atoms with Crippen molar-refractivity contribution in [2.45, 2.75) is 18.9 Å². The lowest BCUT2D eigenvalue weighted by molar-refractivity contribution is -0.141. The minimum Gasteiger partial charge on any atom is -0.481 e. The van der Waals surface area contributed by atoms with Crippen molar-refractivity contribution in [2.75, 3.05) is 33.4 Å². The van der Waals surface area contributed by atoms with Gasteiger partial charge in [-0.05, 0) is 0 Å². The predicted octanol–water partition coefficient (Wildman–Crippen LogP) is 0.102. The molecule has 1 heterocycles. The summed E-state index contributed by atoms with van der Waals surface area (Å²) < 4.78 is 10.7. The van der Waals surface area contributed by atoms with Crippen molar-refractivity contribution in [3.05, 3.63) is 0 Å². The number of carboxylic acid groups (broad SMARTS) is 1. The van der Waals surface area contributed by atoms with Gasteiger partial charge in [0.15, 0.2) is 0 Å². The van der Waals surface area contributed by atoms with Gasteiger partial charge in [0.2, 0.25) is 0 Å². The van der Waals surface area contributed by atoms with Gasteiger partial charge in [0.05, 0.1) is 12.5 Å². The number of ether oxygens (including phenoxy) is 2. The van der Waals surface area contributed by atoms with E-state index in [1.807, 2.05) is 0 Å². The van der Waals surface area contributed by atoms with Crippen LogP contribution in [0.2, 0.25) is 0 Å². The molecule has 2 atom stereocenters. The van der Waals surface area contributed by atoms with Gasteiger partial charge >= 0.3 is 5.97 Å². The summed E-state index contributed by atoms with van der Waals surface area (Å²) in [6.45, 7) is 4.07. The van der Waals surface area contributed by atoms with Crippen molar-refractivity contribution in [1.29, 1.82) is 0 Å². The van der Waals surface area contributed by atoms with Crippen LogP contribution < -0.4 is 5.32 Å². The van der Waals surface area contributed by atoms with Crippen molar-refractivity contribution in [3.63, 3.8) is 0 Å². The summed E-state index contributed by atoms with van der Waals surface area (Å²) in [6.07, 6.45) is 0.859. The van der Waals surface area contributed by atoms with Gasteiger partial charge in [0, 0.05) is 33.2 Å². The average molecular weight is 217 g/mol. The molecule has 88 valence electrons. The highest BCUT2D eigenvalue weighted by molar-refractivity contribution is 5.69. The Morgan fingerprint density at radius 1 is 1.73 bits per heavy atom. The van der Waals surface area contributed by atoms with Crippen LogP contribution in [0, 0.1) is 5.92 Å². The van der Waals surface area contributed by atoms with Gasteiger partial charge in [-0.3, -0.25) is 4.79 Å². The van der Waals surface area contributed by atoms with Crippen LogP contribution in [0.25, 0.3) is 0 Å². The number of hydrogen-bond donors (Lipinski definition) is 2. The molecule has 0 aromatic rings. The van der Waals surface area contributed by atoms with E-state index in [0.717, 1.165) is 6.42 Å². The second kappa shape index (κ2) is 5.44. The molecule has 0 spiro atoms. The maximum Gasteiger partial charge on any atom is 0.307 e. The Hall–Kier alpha value is -0.650. The van der Waals surface area contributed by atoms with Crippen molar-refractivity contribution in [2.24, 2.45) is 5.92 Å². The fraction of sp³-hybridized carbons (Fsp3) is 0.900. The molecule has 1 saturated heterocycles. The lowest BCUT2D eigenvalue weighted by Gasteiger charge is -2.26. The van der Waals surface area contributed by atoms with Gasteiger partial charge in [0.25, 0.3) is 0 Å². The Morgan fingerprint density at radius 3 is 2.93 bits per heavy atom. The number of aliphatic carboxylic acids is 1. The quantitative estimate of drug-likeness (QED) is 0.660. The second-order valence-corrected chi connectivity index (χ2v) is 4.06. The smallest absolute Gasteiger partial charge is 0.307 e. The third-order valence-electron chi connectivity index (χ3n) is 2.82. The average Bonchev–Trinajstić information content (AvgIpc) is 2.67. The van der Waals surface area contributed by atoms with Crippen molar-refractivity contribution < 1.29 is 19.4 Å². The van der Waals surface area contributed by atoms with E-state index in [1.165, 1.54) is 0 Å². The summed E-state index contributed by atoms with van der Waals surface area (Å²) in [7, 11) is 1.66. The Bertz CT molecular complexity index is 213. The number of carboxylic acids is 1. The van der Waals surface area contributed by atoms with Crippen LogP contribution in [-0.2, 0) is 14.3 Å². The minimum absolute atomic E-state index is 0.266. The molecule has 0 aromatic heterocycles. The van der Waals surface area contributed by atoms with E-state index in [2.05, 4.69) is 5.32 Å². The Labute approximate surface area is 89.8 Å². The molecule has 5 nitrogen and oxygen atoms in total. The summed E-state index contributed by atoms with van der Waals surface area (Å²) in [5.41, 5.74) is -0.266. The second-order valence-electron chi connectivity index (χ2n) is 4.06. The highest BCUT2D eigenvalue weighted by Gasteiger charge is 2.34. The molecule has 2 N–H and O–H groups in total. The van der Waals surface area contributed by atoms with Gasteiger partial charge in [-0.25, -0.2) is 0 Å². The molecule has 0 bridgehead atoms. The van der Waals surface area contributed by atoms with Crippen molar-refractivity contribution >= 4 is 5.97 Å². The zero-order valence-corrected chi connectivity index (χ0v) is 9.28. The maximum absolute atomic E-state index is 10.6. The topological polar surface area (TPSA) is 67.8 Å². The van der Waals surface area contributed by atoms with E-state index < -0.39 is 5.97 Å². The molecule has 1 aliphatic heterocycles. The molecule has 0 saturated carbocycles. The third-order valence-corrected chi connectivity index (χ3v) is 2.82. The Balaban J connectivity index is 2.26. The fourth-order valence-electron chi connectivity index (χ4n) is 1.56. The molecule has 0 aliphatic carbocycles. The first-order chi connectivity index (χ1) is 7.09. The van der Waals surface area contributed by atoms with Crippen LogP contribution in [0.5, 0.6) is 0 Å². The van der Waals surface area contributed by atoms with Gasteiger partial charge in [0.1, 0.15) is 5.60 Å². The monoisotopic (exact) mass is 217 g/mol. The highest BCUT2D eigenvalue weighted by atomic mass is 16.5. The van der Waals surface area contributed by atoms with Gasteiger partial charge in [-0.2, -0.15) is 0 Å². The molecule has 1 aliphatic rings. The number of methoxy groups -OCH3 is 1.